The lowest BCUT2D eigenvalue weighted by atomic mass is 9.96. The maximum Gasteiger partial charge on any atom is 0.416 e. The van der Waals surface area contributed by atoms with Crippen LogP contribution in [-0.4, -0.2) is 20.1 Å². The number of carbonyl (C=O) groups is 1. The molecule has 0 spiro atoms. The van der Waals surface area contributed by atoms with Crippen LogP contribution in [0.2, 0.25) is 0 Å². The van der Waals surface area contributed by atoms with E-state index in [1.165, 1.54) is 32.4 Å². The molecule has 2 aromatic rings. The van der Waals surface area contributed by atoms with Gasteiger partial charge in [0.05, 0.1) is 12.7 Å². The van der Waals surface area contributed by atoms with E-state index < -0.39 is 11.7 Å². The van der Waals surface area contributed by atoms with Crippen molar-refractivity contribution in [2.75, 3.05) is 14.2 Å². The van der Waals surface area contributed by atoms with Gasteiger partial charge in [-0.15, -0.1) is 0 Å². The molecule has 0 bridgehead atoms. The molecular weight excluding hydrogens is 319 g/mol. The van der Waals surface area contributed by atoms with Gasteiger partial charge in [-0.25, -0.2) is 0 Å². The van der Waals surface area contributed by atoms with Crippen molar-refractivity contribution in [2.45, 2.75) is 6.18 Å². The lowest BCUT2D eigenvalue weighted by Crippen LogP contribution is -2.15. The van der Waals surface area contributed by atoms with E-state index in [0.717, 1.165) is 12.1 Å². The van der Waals surface area contributed by atoms with E-state index in [9.17, 15) is 18.0 Å². The Labute approximate surface area is 137 Å². The van der Waals surface area contributed by atoms with E-state index >= 15 is 0 Å². The smallest absolute Gasteiger partial charge is 0.416 e. The standard InChI is InChI=1S/C18H16F3NO2/c1-22-17(23)11-16(13-5-9-15(24-2)10-6-13)12-3-7-14(8-4-12)18(19,20)21/h3-11H,1-2H3,(H,22,23). The average Bonchev–Trinajstić information content (AvgIpc) is 2.59. The summed E-state index contributed by atoms with van der Waals surface area (Å²) in [5.74, 6) is 0.297. The zero-order valence-electron chi connectivity index (χ0n) is 13.1. The molecule has 24 heavy (non-hydrogen) atoms. The summed E-state index contributed by atoms with van der Waals surface area (Å²) in [5.41, 5.74) is 0.988. The maximum atomic E-state index is 12.7. The van der Waals surface area contributed by atoms with E-state index in [0.29, 0.717) is 22.4 Å². The first-order valence-electron chi connectivity index (χ1n) is 7.10. The lowest BCUT2D eigenvalue weighted by Gasteiger charge is -2.11. The van der Waals surface area contributed by atoms with Gasteiger partial charge >= 0.3 is 6.18 Å². The van der Waals surface area contributed by atoms with Crippen LogP contribution in [0.15, 0.2) is 54.6 Å². The van der Waals surface area contributed by atoms with Crippen molar-refractivity contribution < 1.29 is 22.7 Å². The van der Waals surface area contributed by atoms with Gasteiger partial charge in [0.15, 0.2) is 0 Å². The van der Waals surface area contributed by atoms with Gasteiger partial charge in [0.1, 0.15) is 5.75 Å². The number of ether oxygens (including phenoxy) is 1. The normalized spacial score (nSPS) is 12.0. The molecule has 0 saturated carbocycles. The second-order valence-corrected chi connectivity index (χ2v) is 4.98. The number of hydrogen-bond acceptors (Lipinski definition) is 2. The summed E-state index contributed by atoms with van der Waals surface area (Å²) in [6, 6.07) is 11.6. The molecule has 0 saturated heterocycles. The molecule has 0 atom stereocenters. The van der Waals surface area contributed by atoms with Gasteiger partial charge in [-0.2, -0.15) is 13.2 Å². The monoisotopic (exact) mass is 335 g/mol. The molecule has 0 fully saturated rings. The van der Waals surface area contributed by atoms with Crippen LogP contribution in [0.1, 0.15) is 16.7 Å². The Morgan fingerprint density at radius 3 is 1.92 bits per heavy atom. The topological polar surface area (TPSA) is 38.3 Å². The van der Waals surface area contributed by atoms with Crippen molar-refractivity contribution in [3.8, 4) is 5.75 Å². The number of amides is 1. The quantitative estimate of drug-likeness (QED) is 0.861. The number of alkyl halides is 3. The van der Waals surface area contributed by atoms with Crippen molar-refractivity contribution in [1.29, 1.82) is 0 Å². The Kier molecular flexibility index (Phi) is 5.28. The highest BCUT2D eigenvalue weighted by atomic mass is 19.4. The van der Waals surface area contributed by atoms with Crippen LogP contribution in [-0.2, 0) is 11.0 Å². The number of halogens is 3. The summed E-state index contributed by atoms with van der Waals surface area (Å²) in [7, 11) is 3.02. The molecule has 0 unspecified atom stereocenters. The van der Waals surface area contributed by atoms with Gasteiger partial charge in [-0.05, 0) is 41.0 Å². The van der Waals surface area contributed by atoms with Crippen LogP contribution in [0.5, 0.6) is 5.75 Å². The molecule has 0 aliphatic heterocycles. The number of nitrogens with one attached hydrogen (secondary N) is 1. The zero-order chi connectivity index (χ0) is 17.7. The summed E-state index contributed by atoms with van der Waals surface area (Å²) < 4.78 is 43.2. The molecular formula is C18H16F3NO2. The van der Waals surface area contributed by atoms with E-state index in [4.69, 9.17) is 4.74 Å². The predicted octanol–water partition coefficient (Wildman–Crippen LogP) is 3.89. The van der Waals surface area contributed by atoms with Gasteiger partial charge in [0.25, 0.3) is 0 Å². The van der Waals surface area contributed by atoms with Crippen LogP contribution in [0.4, 0.5) is 13.2 Å². The van der Waals surface area contributed by atoms with E-state index in [1.807, 2.05) is 0 Å². The molecule has 1 amide bonds. The Bertz CT molecular complexity index is 732. The zero-order valence-corrected chi connectivity index (χ0v) is 13.1. The minimum atomic E-state index is -4.40. The Hall–Kier alpha value is -2.76. The molecule has 0 aliphatic carbocycles. The first-order valence-corrected chi connectivity index (χ1v) is 7.10. The molecule has 0 heterocycles. The van der Waals surface area contributed by atoms with Gasteiger partial charge in [-0.3, -0.25) is 4.79 Å². The molecule has 1 N–H and O–H groups in total. The molecule has 0 aliphatic rings. The number of likely N-dealkylation sites (N-methyl/N-ethyl adjacent to an activating group) is 1. The lowest BCUT2D eigenvalue weighted by molar-refractivity contribution is -0.137. The first kappa shape index (κ1) is 17.6. The number of carbonyl (C=O) groups excluding carboxylic acids is 1. The molecule has 3 nitrogen and oxygen atoms in total. The highest BCUT2D eigenvalue weighted by Gasteiger charge is 2.30. The highest BCUT2D eigenvalue weighted by Crippen LogP contribution is 2.31. The summed E-state index contributed by atoms with van der Waals surface area (Å²) in [6.07, 6.45) is -3.05. The maximum absolute atomic E-state index is 12.7. The number of methoxy groups -OCH3 is 1. The fourth-order valence-electron chi connectivity index (χ4n) is 2.15. The molecule has 0 radical (unpaired) electrons. The van der Waals surface area contributed by atoms with Crippen LogP contribution in [0.25, 0.3) is 5.57 Å². The van der Waals surface area contributed by atoms with Gasteiger partial charge in [0, 0.05) is 13.1 Å². The minimum absolute atomic E-state index is 0.347. The largest absolute Gasteiger partial charge is 0.497 e. The van der Waals surface area contributed by atoms with E-state index in [2.05, 4.69) is 5.32 Å². The Morgan fingerprint density at radius 2 is 1.50 bits per heavy atom. The molecule has 2 rings (SSSR count). The number of hydrogen-bond donors (Lipinski definition) is 1. The Balaban J connectivity index is 2.46. The van der Waals surface area contributed by atoms with Gasteiger partial charge in [-0.1, -0.05) is 24.3 Å². The third kappa shape index (κ3) is 4.16. The van der Waals surface area contributed by atoms with Crippen molar-refractivity contribution in [3.63, 3.8) is 0 Å². The average molecular weight is 335 g/mol. The van der Waals surface area contributed by atoms with E-state index in [1.54, 1.807) is 24.3 Å². The predicted molar refractivity (Wildman–Crippen MR) is 85.6 cm³/mol. The minimum Gasteiger partial charge on any atom is -0.497 e. The summed E-state index contributed by atoms with van der Waals surface area (Å²) in [4.78, 5) is 11.7. The highest BCUT2D eigenvalue weighted by molar-refractivity contribution is 5.99. The van der Waals surface area contributed by atoms with Crippen LogP contribution < -0.4 is 10.1 Å². The fourth-order valence-corrected chi connectivity index (χ4v) is 2.15. The van der Waals surface area contributed by atoms with E-state index in [-0.39, 0.29) is 5.91 Å². The number of benzene rings is 2. The van der Waals surface area contributed by atoms with Crippen LogP contribution in [0.3, 0.4) is 0 Å². The third-order valence-corrected chi connectivity index (χ3v) is 3.45. The van der Waals surface area contributed by atoms with Crippen molar-refractivity contribution in [2.24, 2.45) is 0 Å². The SMILES string of the molecule is CNC(=O)C=C(c1ccc(OC)cc1)c1ccc(C(F)(F)F)cc1. The van der Waals surface area contributed by atoms with Crippen molar-refractivity contribution in [3.05, 3.63) is 71.3 Å². The molecule has 0 aromatic heterocycles. The van der Waals surface area contributed by atoms with Crippen LogP contribution in [0, 0.1) is 0 Å². The molecule has 2 aromatic carbocycles. The van der Waals surface area contributed by atoms with Gasteiger partial charge < -0.3 is 10.1 Å². The molecule has 6 heteroatoms. The summed E-state index contributed by atoms with van der Waals surface area (Å²) in [6.45, 7) is 0. The molecule has 126 valence electrons. The summed E-state index contributed by atoms with van der Waals surface area (Å²) >= 11 is 0. The van der Waals surface area contributed by atoms with Gasteiger partial charge in [0.2, 0.25) is 5.91 Å². The third-order valence-electron chi connectivity index (χ3n) is 3.45. The van der Waals surface area contributed by atoms with Crippen LogP contribution >= 0.6 is 0 Å². The Morgan fingerprint density at radius 1 is 1.00 bits per heavy atom. The second-order valence-electron chi connectivity index (χ2n) is 4.98. The first-order chi connectivity index (χ1) is 11.3. The number of rotatable bonds is 4. The second kappa shape index (κ2) is 7.21. The fraction of sp³-hybridized carbons (Fsp3) is 0.167. The van der Waals surface area contributed by atoms with Crippen molar-refractivity contribution >= 4 is 11.5 Å². The summed E-state index contributed by atoms with van der Waals surface area (Å²) in [5, 5.41) is 2.47. The van der Waals surface area contributed by atoms with Crippen molar-refractivity contribution in [1.82, 2.24) is 5.32 Å².